The Labute approximate surface area is 110 Å². The summed E-state index contributed by atoms with van der Waals surface area (Å²) in [6.07, 6.45) is 0. The molecule has 0 aromatic heterocycles. The minimum Gasteiger partial charge on any atom is -0.478 e. The second kappa shape index (κ2) is 10.0. The van der Waals surface area contributed by atoms with Crippen LogP contribution in [0.3, 0.4) is 0 Å². The fourth-order valence-corrected chi connectivity index (χ4v) is 1.04. The lowest BCUT2D eigenvalue weighted by molar-refractivity contribution is 0.0681. The molecule has 5 N–H and O–H groups in total. The first-order valence-electron chi connectivity index (χ1n) is 5.52. The quantitative estimate of drug-likeness (QED) is 0.447. The minimum atomic E-state index is -1.06. The van der Waals surface area contributed by atoms with Crippen molar-refractivity contribution in [3.05, 3.63) is 35.4 Å². The van der Waals surface area contributed by atoms with Crippen LogP contribution in [0.1, 0.15) is 20.7 Å². The van der Waals surface area contributed by atoms with E-state index in [-0.39, 0.29) is 24.3 Å². The van der Waals surface area contributed by atoms with Crippen molar-refractivity contribution in [1.29, 1.82) is 0 Å². The molecule has 1 rings (SSSR count). The number of rotatable bonds is 6. The molecule has 0 heterocycles. The van der Waals surface area contributed by atoms with Gasteiger partial charge < -0.3 is 25.7 Å². The molecule has 0 aliphatic heterocycles. The van der Waals surface area contributed by atoms with Crippen molar-refractivity contribution < 1.29 is 30.0 Å². The van der Waals surface area contributed by atoms with E-state index in [9.17, 15) is 9.59 Å². The number of aliphatic hydroxyl groups excluding tert-OH is 2. The Hall–Kier alpha value is -1.96. The summed E-state index contributed by atoms with van der Waals surface area (Å²) in [5.74, 6) is -2.13. The second-order valence-corrected chi connectivity index (χ2v) is 3.38. The highest BCUT2D eigenvalue weighted by atomic mass is 16.4. The lowest BCUT2D eigenvalue weighted by Gasteiger charge is -1.94. The van der Waals surface area contributed by atoms with Gasteiger partial charge in [-0.2, -0.15) is 0 Å². The van der Waals surface area contributed by atoms with Crippen molar-refractivity contribution in [3.8, 4) is 0 Å². The average molecular weight is 271 g/mol. The predicted molar refractivity (Wildman–Crippen MR) is 67.4 cm³/mol. The van der Waals surface area contributed by atoms with Crippen LogP contribution in [0.15, 0.2) is 24.3 Å². The maximum absolute atomic E-state index is 10.3. The molecule has 19 heavy (non-hydrogen) atoms. The van der Waals surface area contributed by atoms with E-state index in [0.717, 1.165) is 0 Å². The van der Waals surface area contributed by atoms with Gasteiger partial charge in [0.05, 0.1) is 24.3 Å². The van der Waals surface area contributed by atoms with Crippen molar-refractivity contribution in [2.45, 2.75) is 0 Å². The molecule has 0 bridgehead atoms. The standard InChI is InChI=1S/C8H6O4.C4H11NO2/c9-7(10)5-1-2-6(4-3-5)8(11)12;6-3-1-5-2-4-7/h1-4H,(H,9,10)(H,11,12);5-7H,1-4H2. The number of carboxylic acids is 2. The van der Waals surface area contributed by atoms with Gasteiger partial charge in [0.25, 0.3) is 0 Å². The van der Waals surface area contributed by atoms with Gasteiger partial charge in [0.15, 0.2) is 0 Å². The van der Waals surface area contributed by atoms with Gasteiger partial charge in [0.2, 0.25) is 0 Å². The molecule has 0 amide bonds. The highest BCUT2D eigenvalue weighted by Gasteiger charge is 2.04. The minimum absolute atomic E-state index is 0.0833. The van der Waals surface area contributed by atoms with Crippen molar-refractivity contribution in [1.82, 2.24) is 5.32 Å². The molecule has 0 fully saturated rings. The highest BCUT2D eigenvalue weighted by molar-refractivity contribution is 5.91. The molecule has 1 aromatic carbocycles. The van der Waals surface area contributed by atoms with Crippen molar-refractivity contribution >= 4 is 11.9 Å². The Bertz CT molecular complexity index is 353. The smallest absolute Gasteiger partial charge is 0.335 e. The number of hydrogen-bond donors (Lipinski definition) is 5. The van der Waals surface area contributed by atoms with E-state index in [1.54, 1.807) is 0 Å². The molecule has 0 atom stereocenters. The number of hydrogen-bond acceptors (Lipinski definition) is 5. The van der Waals surface area contributed by atoms with E-state index in [4.69, 9.17) is 20.4 Å². The number of carboxylic acid groups (broad SMARTS) is 2. The summed E-state index contributed by atoms with van der Waals surface area (Å²) in [6.45, 7) is 1.42. The highest BCUT2D eigenvalue weighted by Crippen LogP contribution is 2.03. The van der Waals surface area contributed by atoms with Gasteiger partial charge >= 0.3 is 11.9 Å². The molecular formula is C12H17NO6. The third kappa shape index (κ3) is 7.87. The van der Waals surface area contributed by atoms with E-state index in [1.807, 2.05) is 0 Å². The molecule has 0 saturated carbocycles. The maximum Gasteiger partial charge on any atom is 0.335 e. The van der Waals surface area contributed by atoms with Gasteiger partial charge in [0.1, 0.15) is 0 Å². The fourth-order valence-electron chi connectivity index (χ4n) is 1.04. The summed E-state index contributed by atoms with van der Waals surface area (Å²) >= 11 is 0. The lowest BCUT2D eigenvalue weighted by atomic mass is 10.1. The summed E-state index contributed by atoms with van der Waals surface area (Å²) in [5.41, 5.74) is 0.167. The van der Waals surface area contributed by atoms with Crippen molar-refractivity contribution in [3.63, 3.8) is 0 Å². The van der Waals surface area contributed by atoms with Crippen LogP contribution >= 0.6 is 0 Å². The SMILES string of the molecule is O=C(O)c1ccc(C(=O)O)cc1.OCCNCCO. The summed E-state index contributed by atoms with van der Waals surface area (Å²) < 4.78 is 0. The molecule has 0 radical (unpaired) electrons. The van der Waals surface area contributed by atoms with Crippen LogP contribution in [-0.4, -0.2) is 58.7 Å². The molecule has 0 spiro atoms. The maximum atomic E-state index is 10.3. The van der Waals surface area contributed by atoms with E-state index < -0.39 is 11.9 Å². The Morgan fingerprint density at radius 3 is 1.37 bits per heavy atom. The summed E-state index contributed by atoms with van der Waals surface area (Å²) in [4.78, 5) is 20.7. The Morgan fingerprint density at radius 2 is 1.16 bits per heavy atom. The normalized spacial score (nSPS) is 9.37. The van der Waals surface area contributed by atoms with E-state index in [1.165, 1.54) is 24.3 Å². The number of nitrogens with one attached hydrogen (secondary N) is 1. The predicted octanol–water partition coefficient (Wildman–Crippen LogP) is -0.356. The second-order valence-electron chi connectivity index (χ2n) is 3.38. The molecule has 1 aromatic rings. The third-order valence-electron chi connectivity index (χ3n) is 1.96. The van der Waals surface area contributed by atoms with E-state index >= 15 is 0 Å². The van der Waals surface area contributed by atoms with Gasteiger partial charge in [0, 0.05) is 13.1 Å². The van der Waals surface area contributed by atoms with Crippen LogP contribution in [0.2, 0.25) is 0 Å². The van der Waals surface area contributed by atoms with Crippen LogP contribution in [-0.2, 0) is 0 Å². The average Bonchev–Trinajstić information content (AvgIpc) is 2.40. The molecule has 106 valence electrons. The molecule has 0 saturated heterocycles. The van der Waals surface area contributed by atoms with Crippen molar-refractivity contribution in [2.75, 3.05) is 26.3 Å². The molecule has 0 aliphatic rings. The number of aliphatic hydroxyl groups is 2. The molecule has 0 aliphatic carbocycles. The molecular weight excluding hydrogens is 254 g/mol. The van der Waals surface area contributed by atoms with Gasteiger partial charge in [-0.25, -0.2) is 9.59 Å². The van der Waals surface area contributed by atoms with Gasteiger partial charge in [-0.15, -0.1) is 0 Å². The van der Waals surface area contributed by atoms with E-state index in [0.29, 0.717) is 13.1 Å². The monoisotopic (exact) mass is 271 g/mol. The summed E-state index contributed by atoms with van der Waals surface area (Å²) in [7, 11) is 0. The zero-order chi connectivity index (χ0) is 14.7. The van der Waals surface area contributed by atoms with Gasteiger partial charge in [-0.3, -0.25) is 0 Å². The summed E-state index contributed by atoms with van der Waals surface area (Å²) in [6, 6.07) is 5.02. The molecule has 0 unspecified atom stereocenters. The first-order chi connectivity index (χ1) is 9.02. The fraction of sp³-hybridized carbons (Fsp3) is 0.333. The van der Waals surface area contributed by atoms with E-state index in [2.05, 4.69) is 5.32 Å². The first-order valence-corrected chi connectivity index (χ1v) is 5.52. The third-order valence-corrected chi connectivity index (χ3v) is 1.96. The number of aromatic carboxylic acids is 2. The largest absolute Gasteiger partial charge is 0.478 e. The molecule has 7 heteroatoms. The van der Waals surface area contributed by atoms with Crippen LogP contribution in [0.5, 0.6) is 0 Å². The van der Waals surface area contributed by atoms with Crippen LogP contribution in [0.25, 0.3) is 0 Å². The zero-order valence-electron chi connectivity index (χ0n) is 10.2. The summed E-state index contributed by atoms with van der Waals surface area (Å²) in [5, 5.41) is 36.0. The van der Waals surface area contributed by atoms with Gasteiger partial charge in [-0.1, -0.05) is 0 Å². The topological polar surface area (TPSA) is 127 Å². The Balaban J connectivity index is 0.000000399. The van der Waals surface area contributed by atoms with Crippen molar-refractivity contribution in [2.24, 2.45) is 0 Å². The van der Waals surface area contributed by atoms with Crippen LogP contribution < -0.4 is 5.32 Å². The molecule has 7 nitrogen and oxygen atoms in total. The number of carbonyl (C=O) groups is 2. The first kappa shape index (κ1) is 17.0. The van der Waals surface area contributed by atoms with Gasteiger partial charge in [-0.05, 0) is 24.3 Å². The lowest BCUT2D eigenvalue weighted by Crippen LogP contribution is -2.21. The Kier molecular flexibility index (Phi) is 8.98. The van der Waals surface area contributed by atoms with Crippen LogP contribution in [0.4, 0.5) is 0 Å². The number of benzene rings is 1. The van der Waals surface area contributed by atoms with Crippen LogP contribution in [0, 0.1) is 0 Å². The zero-order valence-corrected chi connectivity index (χ0v) is 10.2. The Morgan fingerprint density at radius 1 is 0.842 bits per heavy atom.